The van der Waals surface area contributed by atoms with Crippen LogP contribution in [-0.4, -0.2) is 37.4 Å². The maximum absolute atomic E-state index is 11.4. The van der Waals surface area contributed by atoms with E-state index in [9.17, 15) is 20.0 Å². The van der Waals surface area contributed by atoms with Crippen LogP contribution in [0.4, 0.5) is 4.79 Å². The second-order valence-corrected chi connectivity index (χ2v) is 5.92. The maximum atomic E-state index is 11.4. The molecular weight excluding hydrogens is 372 g/mol. The van der Waals surface area contributed by atoms with Crippen molar-refractivity contribution in [3.05, 3.63) is 69.7 Å². The van der Waals surface area contributed by atoms with Gasteiger partial charge in [0.25, 0.3) is 0 Å². The molecule has 2 N–H and O–H groups in total. The molecule has 140 valence electrons. The summed E-state index contributed by atoms with van der Waals surface area (Å²) in [6.07, 6.45) is -1.26. The van der Waals surface area contributed by atoms with Crippen LogP contribution in [0.2, 0.25) is 5.02 Å². The van der Waals surface area contributed by atoms with E-state index in [2.05, 4.69) is 10.1 Å². The van der Waals surface area contributed by atoms with Crippen LogP contribution < -0.4 is 5.32 Å². The van der Waals surface area contributed by atoms with Gasteiger partial charge in [0.2, 0.25) is 0 Å². The number of nitrogens with zero attached hydrogens (tertiary/aromatic N) is 1. The first-order valence-electron chi connectivity index (χ1n) is 7.92. The summed E-state index contributed by atoms with van der Waals surface area (Å²) in [7, 11) is 1.26. The molecule has 1 amide bonds. The average Bonchev–Trinajstić information content (AvgIpc) is 2.67. The van der Waals surface area contributed by atoms with Crippen LogP contribution in [0.1, 0.15) is 33.2 Å². The molecule has 27 heavy (non-hydrogen) atoms. The summed E-state index contributed by atoms with van der Waals surface area (Å²) in [6.45, 7) is 0.318. The first-order chi connectivity index (χ1) is 12.9. The third-order valence-corrected chi connectivity index (χ3v) is 3.86. The zero-order chi connectivity index (χ0) is 19.8. The van der Waals surface area contributed by atoms with Gasteiger partial charge in [-0.05, 0) is 41.5 Å². The molecule has 2 aromatic carbocycles. The van der Waals surface area contributed by atoms with Crippen molar-refractivity contribution in [1.29, 1.82) is 5.26 Å². The second-order valence-electron chi connectivity index (χ2n) is 5.48. The summed E-state index contributed by atoms with van der Waals surface area (Å²) in [5.41, 5.74) is 1.36. The normalized spacial score (nSPS) is 11.3. The first kappa shape index (κ1) is 20.2. The Bertz CT molecular complexity index is 879. The number of carbonyl (C=O) groups is 2. The highest BCUT2D eigenvalue weighted by molar-refractivity contribution is 6.30. The van der Waals surface area contributed by atoms with Gasteiger partial charge in [0.05, 0.1) is 30.9 Å². The SMILES string of the molecule is COC(=O)NCCOC(c1cccc(Cl)c1)c1cc(C#N)cc(C(=O)O)c1. The summed E-state index contributed by atoms with van der Waals surface area (Å²) in [4.78, 5) is 22.5. The van der Waals surface area contributed by atoms with E-state index in [1.807, 2.05) is 6.07 Å². The Kier molecular flexibility index (Phi) is 7.17. The lowest BCUT2D eigenvalue weighted by atomic mass is 9.97. The Morgan fingerprint density at radius 1 is 1.26 bits per heavy atom. The summed E-state index contributed by atoms with van der Waals surface area (Å²) in [6, 6.07) is 13.2. The van der Waals surface area contributed by atoms with Crippen molar-refractivity contribution in [3.63, 3.8) is 0 Å². The highest BCUT2D eigenvalue weighted by Gasteiger charge is 2.19. The summed E-state index contributed by atoms with van der Waals surface area (Å²) < 4.78 is 10.4. The predicted octanol–water partition coefficient (Wildman–Crippen LogP) is 3.37. The standard InChI is InChI=1S/C19H17ClN2O5/c1-26-19(25)22-5-6-27-17(13-3-2-4-16(20)10-13)14-7-12(11-21)8-15(9-14)18(23)24/h2-4,7-10,17H,5-6H2,1H3,(H,22,25)(H,23,24). The zero-order valence-corrected chi connectivity index (χ0v) is 15.2. The molecule has 2 rings (SSSR count). The monoisotopic (exact) mass is 388 g/mol. The lowest BCUT2D eigenvalue weighted by Gasteiger charge is -2.20. The molecule has 0 aliphatic rings. The number of ether oxygens (including phenoxy) is 2. The van der Waals surface area contributed by atoms with Gasteiger partial charge in [-0.1, -0.05) is 23.7 Å². The van der Waals surface area contributed by atoms with Gasteiger partial charge in [0.1, 0.15) is 6.10 Å². The quantitative estimate of drug-likeness (QED) is 0.704. The van der Waals surface area contributed by atoms with E-state index in [4.69, 9.17) is 16.3 Å². The Morgan fingerprint density at radius 2 is 2.04 bits per heavy atom. The summed E-state index contributed by atoms with van der Waals surface area (Å²) in [5, 5.41) is 21.5. The van der Waals surface area contributed by atoms with Crippen molar-refractivity contribution >= 4 is 23.7 Å². The van der Waals surface area contributed by atoms with Crippen LogP contribution in [-0.2, 0) is 9.47 Å². The molecule has 0 aromatic heterocycles. The molecule has 0 aliphatic heterocycles. The van der Waals surface area contributed by atoms with Gasteiger partial charge >= 0.3 is 12.1 Å². The molecule has 0 saturated carbocycles. The van der Waals surface area contributed by atoms with Crippen LogP contribution >= 0.6 is 11.6 Å². The number of hydrogen-bond donors (Lipinski definition) is 2. The molecule has 0 bridgehead atoms. The maximum Gasteiger partial charge on any atom is 0.406 e. The molecule has 0 aliphatic carbocycles. The fraction of sp³-hybridized carbons (Fsp3) is 0.211. The highest BCUT2D eigenvalue weighted by Crippen LogP contribution is 2.29. The van der Waals surface area contributed by atoms with Gasteiger partial charge in [-0.2, -0.15) is 5.26 Å². The van der Waals surface area contributed by atoms with Gasteiger partial charge in [0, 0.05) is 11.6 Å². The number of carboxylic acid groups (broad SMARTS) is 1. The topological polar surface area (TPSA) is 109 Å². The number of amides is 1. The van der Waals surface area contributed by atoms with Crippen molar-refractivity contribution in [1.82, 2.24) is 5.32 Å². The second kappa shape index (κ2) is 9.57. The Hall–Kier alpha value is -3.08. The Balaban J connectivity index is 2.34. The van der Waals surface area contributed by atoms with Crippen LogP contribution in [0.15, 0.2) is 42.5 Å². The number of nitriles is 1. The van der Waals surface area contributed by atoms with Gasteiger partial charge in [-0.15, -0.1) is 0 Å². The number of carboxylic acids is 1. The number of nitrogens with one attached hydrogen (secondary N) is 1. The predicted molar refractivity (Wildman–Crippen MR) is 97.8 cm³/mol. The van der Waals surface area contributed by atoms with Crippen LogP contribution in [0.5, 0.6) is 0 Å². The van der Waals surface area contributed by atoms with E-state index in [1.165, 1.54) is 19.2 Å². The molecule has 0 heterocycles. The molecule has 1 unspecified atom stereocenters. The minimum Gasteiger partial charge on any atom is -0.478 e. The fourth-order valence-electron chi connectivity index (χ4n) is 2.45. The van der Waals surface area contributed by atoms with E-state index in [0.29, 0.717) is 16.1 Å². The molecule has 7 nitrogen and oxygen atoms in total. The van der Waals surface area contributed by atoms with Crippen LogP contribution in [0.25, 0.3) is 0 Å². The minimum atomic E-state index is -1.15. The number of halogens is 1. The Morgan fingerprint density at radius 3 is 2.67 bits per heavy atom. The van der Waals surface area contributed by atoms with Crippen molar-refractivity contribution in [2.75, 3.05) is 20.3 Å². The third kappa shape index (κ3) is 5.71. The zero-order valence-electron chi connectivity index (χ0n) is 14.4. The number of methoxy groups -OCH3 is 1. The lowest BCUT2D eigenvalue weighted by molar-refractivity contribution is 0.0693. The third-order valence-electron chi connectivity index (χ3n) is 3.63. The number of alkyl carbamates (subject to hydrolysis) is 1. The average molecular weight is 389 g/mol. The van der Waals surface area contributed by atoms with Gasteiger partial charge in [0.15, 0.2) is 0 Å². The molecule has 1 atom stereocenters. The summed E-state index contributed by atoms with van der Waals surface area (Å²) >= 11 is 6.06. The fourth-order valence-corrected chi connectivity index (χ4v) is 2.65. The minimum absolute atomic E-state index is 0.0210. The molecule has 2 aromatic rings. The van der Waals surface area contributed by atoms with E-state index < -0.39 is 18.2 Å². The molecular formula is C19H17ClN2O5. The van der Waals surface area contributed by atoms with Gasteiger partial charge in [-0.25, -0.2) is 9.59 Å². The highest BCUT2D eigenvalue weighted by atomic mass is 35.5. The van der Waals surface area contributed by atoms with E-state index in [-0.39, 0.29) is 24.3 Å². The molecule has 0 fully saturated rings. The summed E-state index contributed by atoms with van der Waals surface area (Å²) in [5.74, 6) is -1.15. The van der Waals surface area contributed by atoms with Gasteiger partial charge < -0.3 is 19.9 Å². The number of carbonyl (C=O) groups excluding carboxylic acids is 1. The molecule has 0 spiro atoms. The van der Waals surface area contributed by atoms with Crippen molar-refractivity contribution in [3.8, 4) is 6.07 Å². The first-order valence-corrected chi connectivity index (χ1v) is 8.29. The largest absolute Gasteiger partial charge is 0.478 e. The molecule has 0 radical (unpaired) electrons. The van der Waals surface area contributed by atoms with E-state index >= 15 is 0 Å². The number of benzene rings is 2. The smallest absolute Gasteiger partial charge is 0.406 e. The van der Waals surface area contributed by atoms with E-state index in [1.54, 1.807) is 30.3 Å². The lowest BCUT2D eigenvalue weighted by Crippen LogP contribution is -2.27. The van der Waals surface area contributed by atoms with Crippen molar-refractivity contribution in [2.45, 2.75) is 6.10 Å². The number of aromatic carboxylic acids is 1. The molecule has 0 saturated heterocycles. The van der Waals surface area contributed by atoms with E-state index in [0.717, 1.165) is 0 Å². The van der Waals surface area contributed by atoms with Gasteiger partial charge in [-0.3, -0.25) is 0 Å². The number of hydrogen-bond acceptors (Lipinski definition) is 5. The molecule has 8 heteroatoms. The Labute approximate surface area is 161 Å². The number of rotatable bonds is 7. The van der Waals surface area contributed by atoms with Crippen LogP contribution in [0, 0.1) is 11.3 Å². The van der Waals surface area contributed by atoms with Crippen molar-refractivity contribution in [2.24, 2.45) is 0 Å². The van der Waals surface area contributed by atoms with Crippen molar-refractivity contribution < 1.29 is 24.2 Å². The van der Waals surface area contributed by atoms with Crippen LogP contribution in [0.3, 0.4) is 0 Å².